The average molecular weight is 655 g/mol. The summed E-state index contributed by atoms with van der Waals surface area (Å²) in [5, 5.41) is 88.6. The summed E-state index contributed by atoms with van der Waals surface area (Å²) in [4.78, 5) is 13.0. The molecule has 2 aliphatic carbocycles. The van der Waals surface area contributed by atoms with Gasteiger partial charge >= 0.3 is 0 Å². The summed E-state index contributed by atoms with van der Waals surface area (Å²) in [5.41, 5.74) is 22.5. The Hall–Kier alpha value is -1.21. The molecule has 2 heterocycles. The fraction of sp³-hybridized carbons (Fsp3) is 0.962. The summed E-state index contributed by atoms with van der Waals surface area (Å²) in [5.74, 6) is -0.779. The lowest BCUT2D eigenvalue weighted by molar-refractivity contribution is -0.320. The van der Waals surface area contributed by atoms with Gasteiger partial charge in [0.15, 0.2) is 12.6 Å². The summed E-state index contributed by atoms with van der Waals surface area (Å²) in [7, 11) is 0. The highest BCUT2D eigenvalue weighted by Gasteiger charge is 2.54. The molecule has 2 saturated carbocycles. The third-order valence-electron chi connectivity index (χ3n) is 9.08. The first-order valence-electron chi connectivity index (χ1n) is 15.2. The van der Waals surface area contributed by atoms with E-state index in [1.54, 1.807) is 0 Å². The number of nitrogens with two attached hydrogens (primary N) is 4. The van der Waals surface area contributed by atoms with Crippen molar-refractivity contribution >= 4 is 5.91 Å². The van der Waals surface area contributed by atoms with Gasteiger partial charge in [0.25, 0.3) is 5.91 Å². The number of carbonyl (C=O) groups is 1. The average Bonchev–Trinajstić information content (AvgIpc) is 2.99. The van der Waals surface area contributed by atoms with Crippen LogP contribution in [0.2, 0.25) is 0 Å². The molecule has 15 atom stereocenters. The molecule has 45 heavy (non-hydrogen) atoms. The first-order valence-corrected chi connectivity index (χ1v) is 15.2. The number of ether oxygens (including phenoxy) is 4. The number of rotatable bonds is 12. The Kier molecular flexibility index (Phi) is 12.5. The Morgan fingerprint density at radius 2 is 1.47 bits per heavy atom. The van der Waals surface area contributed by atoms with Gasteiger partial charge in [0.1, 0.15) is 60.5 Å². The molecule has 0 aromatic heterocycles. The third kappa shape index (κ3) is 7.92. The van der Waals surface area contributed by atoms with Crippen LogP contribution in [0.1, 0.15) is 25.7 Å². The molecule has 262 valence electrons. The minimum absolute atomic E-state index is 0.00784. The maximum atomic E-state index is 13.0. The number of nitrogens with one attached hydrogen (secondary N) is 2. The first-order chi connectivity index (χ1) is 21.2. The van der Waals surface area contributed by atoms with Crippen molar-refractivity contribution in [1.82, 2.24) is 10.6 Å². The molecule has 19 heteroatoms. The maximum Gasteiger partial charge on any atom is 0.252 e. The topological polar surface area (TPSA) is 344 Å². The van der Waals surface area contributed by atoms with Gasteiger partial charge in [-0.05, 0) is 19.4 Å². The normalized spacial score (nSPS) is 48.9. The minimum Gasteiger partial charge on any atom is -0.396 e. The van der Waals surface area contributed by atoms with E-state index in [4.69, 9.17) is 47.0 Å². The van der Waals surface area contributed by atoms with Crippen molar-refractivity contribution in [1.29, 1.82) is 0 Å². The first kappa shape index (κ1) is 36.6. The zero-order valence-corrected chi connectivity index (χ0v) is 24.8. The molecule has 4 fully saturated rings. The fourth-order valence-corrected chi connectivity index (χ4v) is 6.26. The van der Waals surface area contributed by atoms with Crippen LogP contribution in [0.25, 0.3) is 0 Å². The lowest BCUT2D eigenvalue weighted by Crippen LogP contribution is -2.71. The minimum atomic E-state index is -1.75. The monoisotopic (exact) mass is 654 g/mol. The molecular formula is C26H50N6O13. The van der Waals surface area contributed by atoms with Gasteiger partial charge in [0.2, 0.25) is 0 Å². The Balaban J connectivity index is 1.53. The molecule has 1 unspecified atom stereocenters. The van der Waals surface area contributed by atoms with Crippen LogP contribution in [-0.2, 0) is 23.7 Å². The smallest absolute Gasteiger partial charge is 0.252 e. The molecule has 0 radical (unpaired) electrons. The third-order valence-corrected chi connectivity index (χ3v) is 9.08. The van der Waals surface area contributed by atoms with Gasteiger partial charge < -0.3 is 93.4 Å². The zero-order valence-electron chi connectivity index (χ0n) is 24.8. The molecule has 1 amide bonds. The number of hydrogen-bond acceptors (Lipinski definition) is 18. The van der Waals surface area contributed by atoms with E-state index in [2.05, 4.69) is 10.6 Å². The zero-order chi connectivity index (χ0) is 33.2. The van der Waals surface area contributed by atoms with E-state index in [1.807, 2.05) is 0 Å². The Labute approximate surface area is 259 Å². The Morgan fingerprint density at radius 3 is 2.09 bits per heavy atom. The van der Waals surface area contributed by atoms with E-state index in [-0.39, 0.29) is 38.5 Å². The summed E-state index contributed by atoms with van der Waals surface area (Å²) in [6.45, 7) is -0.236. The van der Waals surface area contributed by atoms with Crippen molar-refractivity contribution < 1.29 is 64.6 Å². The molecule has 4 rings (SSSR count). The Bertz CT molecular complexity index is 966. The van der Waals surface area contributed by atoms with E-state index in [9.17, 15) is 40.5 Å². The van der Waals surface area contributed by atoms with Crippen LogP contribution in [0.5, 0.6) is 0 Å². The van der Waals surface area contributed by atoms with Gasteiger partial charge in [0, 0.05) is 38.1 Å². The second kappa shape index (κ2) is 15.3. The standard InChI is InChI=1S/C26H50N6O13/c27-9-5-26(41,6-9)25(40)32-11-4-10(28)21(20(39)22(11)45-24-19(38)14(29)16(35)13(8-34)43-24)44-23-15(30)18(37)17(36)12(42-23)7-31-2-1-3-33/h9-24,31,33-39,41H,1-8,27-30H2,(H,32,40)/t9?,10-,11+,12+,13+,14-,15+,16+,17+,18+,19+,20-,21?,22-,23+,24+,26?/m0/s1. The number of aliphatic hydroxyl groups excluding tert-OH is 7. The number of amides is 1. The summed E-state index contributed by atoms with van der Waals surface area (Å²) in [6, 6.07) is -5.02. The molecular weight excluding hydrogens is 604 g/mol. The predicted octanol–water partition coefficient (Wildman–Crippen LogP) is -8.30. The van der Waals surface area contributed by atoms with E-state index in [0.717, 1.165) is 0 Å². The lowest BCUT2D eigenvalue weighted by atomic mass is 9.75. The van der Waals surface area contributed by atoms with Crippen LogP contribution in [-0.4, -0.2) is 176 Å². The second-order valence-electron chi connectivity index (χ2n) is 12.5. The van der Waals surface area contributed by atoms with Crippen molar-refractivity contribution in [2.75, 3.05) is 26.3 Å². The van der Waals surface area contributed by atoms with E-state index in [1.165, 1.54) is 0 Å². The molecule has 2 aliphatic heterocycles. The molecule has 4 aliphatic rings. The van der Waals surface area contributed by atoms with Crippen molar-refractivity contribution in [3.8, 4) is 0 Å². The number of hydrogen-bond donors (Lipinski definition) is 14. The van der Waals surface area contributed by atoms with Gasteiger partial charge in [-0.1, -0.05) is 0 Å². The van der Waals surface area contributed by atoms with Crippen LogP contribution in [0.3, 0.4) is 0 Å². The molecule has 0 aromatic carbocycles. The largest absolute Gasteiger partial charge is 0.396 e. The highest BCUT2D eigenvalue weighted by atomic mass is 16.7. The van der Waals surface area contributed by atoms with Crippen LogP contribution < -0.4 is 33.6 Å². The maximum absolute atomic E-state index is 13.0. The summed E-state index contributed by atoms with van der Waals surface area (Å²) < 4.78 is 23.4. The SMILES string of the molecule is NC1CC(O)(C(=O)N[C@@H]2C[C@H](N)C(O[C@H]3O[C@H](CNCCCO)[C@@H](O)[C@H](O)[C@H]3N)[C@H](O)[C@H]2O[C@H]2O[C@H](CO)[C@@H](O)[C@H](N)[C@H]2O)C1. The summed E-state index contributed by atoms with van der Waals surface area (Å²) in [6.07, 6.45) is -15.1. The molecule has 0 spiro atoms. The highest BCUT2D eigenvalue weighted by molar-refractivity contribution is 5.86. The molecule has 18 N–H and O–H groups in total. The van der Waals surface area contributed by atoms with Gasteiger partial charge in [-0.25, -0.2) is 0 Å². The van der Waals surface area contributed by atoms with Crippen molar-refractivity contribution in [2.45, 2.75) is 129 Å². The molecule has 19 nitrogen and oxygen atoms in total. The number of carbonyl (C=O) groups excluding carboxylic acids is 1. The summed E-state index contributed by atoms with van der Waals surface area (Å²) >= 11 is 0. The lowest BCUT2D eigenvalue weighted by Gasteiger charge is -2.49. The molecule has 2 saturated heterocycles. The molecule has 0 aromatic rings. The Morgan fingerprint density at radius 1 is 0.822 bits per heavy atom. The van der Waals surface area contributed by atoms with E-state index in [0.29, 0.717) is 13.0 Å². The van der Waals surface area contributed by atoms with Crippen molar-refractivity contribution in [3.63, 3.8) is 0 Å². The van der Waals surface area contributed by atoms with Gasteiger partial charge in [-0.2, -0.15) is 0 Å². The second-order valence-corrected chi connectivity index (χ2v) is 12.5. The number of aliphatic hydroxyl groups is 8. The van der Waals surface area contributed by atoms with Crippen LogP contribution >= 0.6 is 0 Å². The van der Waals surface area contributed by atoms with Gasteiger partial charge in [-0.3, -0.25) is 4.79 Å². The van der Waals surface area contributed by atoms with E-state index < -0.39 is 110 Å². The quantitative estimate of drug-likeness (QED) is 0.0868. The van der Waals surface area contributed by atoms with Crippen LogP contribution in [0.4, 0.5) is 0 Å². The molecule has 0 bridgehead atoms. The van der Waals surface area contributed by atoms with Crippen LogP contribution in [0, 0.1) is 0 Å². The predicted molar refractivity (Wildman–Crippen MR) is 151 cm³/mol. The van der Waals surface area contributed by atoms with Gasteiger partial charge in [-0.15, -0.1) is 0 Å². The van der Waals surface area contributed by atoms with E-state index >= 15 is 0 Å². The van der Waals surface area contributed by atoms with Gasteiger partial charge in [0.05, 0.1) is 24.7 Å². The van der Waals surface area contributed by atoms with Crippen LogP contribution in [0.15, 0.2) is 0 Å². The van der Waals surface area contributed by atoms with Crippen molar-refractivity contribution in [3.05, 3.63) is 0 Å². The highest BCUT2D eigenvalue weighted by Crippen LogP contribution is 2.34. The van der Waals surface area contributed by atoms with Crippen molar-refractivity contribution in [2.24, 2.45) is 22.9 Å². The fourth-order valence-electron chi connectivity index (χ4n) is 6.26.